The Kier molecular flexibility index (Phi) is 3.08. The Hall–Kier alpha value is -1.58. The number of carbonyl (C=O) groups is 1. The van der Waals surface area contributed by atoms with Gasteiger partial charge in [-0.3, -0.25) is 0 Å². The molecule has 1 saturated carbocycles. The minimum Gasteiger partial charge on any atom is -0.335 e. The van der Waals surface area contributed by atoms with E-state index in [0.717, 1.165) is 18.4 Å². The molecule has 0 aliphatic heterocycles. The largest absolute Gasteiger partial charge is 0.335 e. The highest BCUT2D eigenvalue weighted by Gasteiger charge is 2.23. The number of hydrogen-bond donors (Lipinski definition) is 2. The Morgan fingerprint density at radius 3 is 2.56 bits per heavy atom. The molecule has 1 aromatic carbocycles. The molecule has 0 saturated heterocycles. The smallest absolute Gasteiger partial charge is 0.315 e. The topological polar surface area (TPSA) is 41.1 Å². The Labute approximate surface area is 94.0 Å². The van der Waals surface area contributed by atoms with Crippen LogP contribution in [0.4, 0.5) is 9.18 Å². The van der Waals surface area contributed by atoms with Crippen molar-refractivity contribution in [3.63, 3.8) is 0 Å². The van der Waals surface area contributed by atoms with E-state index < -0.39 is 0 Å². The number of hydrogen-bond acceptors (Lipinski definition) is 1. The summed E-state index contributed by atoms with van der Waals surface area (Å²) >= 11 is 0. The lowest BCUT2D eigenvalue weighted by molar-refractivity contribution is 0.237. The summed E-state index contributed by atoms with van der Waals surface area (Å²) in [7, 11) is 0. The van der Waals surface area contributed by atoms with Crippen LogP contribution in [-0.2, 0) is 0 Å². The molecule has 86 valence electrons. The number of rotatable bonds is 3. The predicted molar refractivity (Wildman–Crippen MR) is 59.5 cm³/mol. The molecule has 0 spiro atoms. The van der Waals surface area contributed by atoms with Crippen LogP contribution in [0.2, 0.25) is 0 Å². The molecule has 2 amide bonds. The zero-order chi connectivity index (χ0) is 11.5. The van der Waals surface area contributed by atoms with Crippen molar-refractivity contribution in [2.75, 3.05) is 0 Å². The van der Waals surface area contributed by atoms with Crippen LogP contribution in [0.5, 0.6) is 0 Å². The van der Waals surface area contributed by atoms with E-state index in [9.17, 15) is 9.18 Å². The number of nitrogens with one attached hydrogen (secondary N) is 2. The summed E-state index contributed by atoms with van der Waals surface area (Å²) in [6, 6.07) is 6.23. The number of urea groups is 1. The van der Waals surface area contributed by atoms with Crippen LogP contribution in [0.3, 0.4) is 0 Å². The van der Waals surface area contributed by atoms with Crippen LogP contribution >= 0.6 is 0 Å². The highest BCUT2D eigenvalue weighted by atomic mass is 19.1. The van der Waals surface area contributed by atoms with Crippen molar-refractivity contribution in [1.29, 1.82) is 0 Å². The summed E-state index contributed by atoms with van der Waals surface area (Å²) in [5.74, 6) is -0.265. The first kappa shape index (κ1) is 10.9. The molecular weight excluding hydrogens is 207 g/mol. The Bertz CT molecular complexity index is 373. The number of halogens is 1. The van der Waals surface area contributed by atoms with Gasteiger partial charge in [0.05, 0.1) is 6.04 Å². The number of amides is 2. The van der Waals surface area contributed by atoms with Crippen LogP contribution in [0, 0.1) is 5.82 Å². The average molecular weight is 222 g/mol. The quantitative estimate of drug-likeness (QED) is 0.809. The van der Waals surface area contributed by atoms with Gasteiger partial charge in [-0.25, -0.2) is 9.18 Å². The van der Waals surface area contributed by atoms with Gasteiger partial charge in [0.15, 0.2) is 0 Å². The fourth-order valence-corrected chi connectivity index (χ4v) is 1.49. The second-order valence-electron chi connectivity index (χ2n) is 4.17. The van der Waals surface area contributed by atoms with Crippen molar-refractivity contribution in [2.45, 2.75) is 31.8 Å². The van der Waals surface area contributed by atoms with Gasteiger partial charge in [-0.15, -0.1) is 0 Å². The molecule has 2 N–H and O–H groups in total. The van der Waals surface area contributed by atoms with Crippen molar-refractivity contribution in [2.24, 2.45) is 0 Å². The fourth-order valence-electron chi connectivity index (χ4n) is 1.49. The first-order valence-corrected chi connectivity index (χ1v) is 5.47. The van der Waals surface area contributed by atoms with Gasteiger partial charge < -0.3 is 10.6 Å². The maximum absolute atomic E-state index is 12.7. The lowest BCUT2D eigenvalue weighted by atomic mass is 10.1. The van der Waals surface area contributed by atoms with Gasteiger partial charge >= 0.3 is 6.03 Å². The summed E-state index contributed by atoms with van der Waals surface area (Å²) in [4.78, 5) is 11.4. The third kappa shape index (κ3) is 2.95. The van der Waals surface area contributed by atoms with Crippen LogP contribution in [-0.4, -0.2) is 12.1 Å². The van der Waals surface area contributed by atoms with Crippen molar-refractivity contribution in [3.8, 4) is 0 Å². The molecule has 16 heavy (non-hydrogen) atoms. The van der Waals surface area contributed by atoms with Gasteiger partial charge in [-0.05, 0) is 37.5 Å². The van der Waals surface area contributed by atoms with E-state index in [2.05, 4.69) is 10.6 Å². The lowest BCUT2D eigenvalue weighted by Gasteiger charge is -2.14. The van der Waals surface area contributed by atoms with Gasteiger partial charge in [-0.1, -0.05) is 12.1 Å². The molecule has 1 aliphatic carbocycles. The van der Waals surface area contributed by atoms with E-state index in [4.69, 9.17) is 0 Å². The standard InChI is InChI=1S/C12H15FN2O/c1-8(9-2-4-10(13)5-3-9)14-12(16)15-11-6-7-11/h2-5,8,11H,6-7H2,1H3,(H2,14,15,16). The molecule has 0 heterocycles. The molecule has 1 aromatic rings. The highest BCUT2D eigenvalue weighted by molar-refractivity contribution is 5.75. The minimum absolute atomic E-state index is 0.112. The minimum atomic E-state index is -0.265. The summed E-state index contributed by atoms with van der Waals surface area (Å²) in [6.07, 6.45) is 2.14. The Balaban J connectivity index is 1.88. The first-order chi connectivity index (χ1) is 7.65. The molecule has 3 nitrogen and oxygen atoms in total. The molecule has 0 aromatic heterocycles. The van der Waals surface area contributed by atoms with Crippen LogP contribution < -0.4 is 10.6 Å². The average Bonchev–Trinajstić information content (AvgIpc) is 3.02. The van der Waals surface area contributed by atoms with E-state index in [1.807, 2.05) is 6.92 Å². The zero-order valence-corrected chi connectivity index (χ0v) is 9.16. The number of benzene rings is 1. The second-order valence-corrected chi connectivity index (χ2v) is 4.17. The molecule has 1 aliphatic rings. The predicted octanol–water partition coefficient (Wildman–Crippen LogP) is 2.35. The summed E-state index contributed by atoms with van der Waals surface area (Å²) in [5.41, 5.74) is 0.896. The highest BCUT2D eigenvalue weighted by Crippen LogP contribution is 2.19. The van der Waals surface area contributed by atoms with Crippen molar-refractivity contribution in [3.05, 3.63) is 35.6 Å². The third-order valence-corrected chi connectivity index (χ3v) is 2.63. The monoisotopic (exact) mass is 222 g/mol. The van der Waals surface area contributed by atoms with Gasteiger partial charge in [0.2, 0.25) is 0 Å². The van der Waals surface area contributed by atoms with E-state index in [1.54, 1.807) is 12.1 Å². The number of carbonyl (C=O) groups excluding carboxylic acids is 1. The SMILES string of the molecule is CC(NC(=O)NC1CC1)c1ccc(F)cc1. The summed E-state index contributed by atoms with van der Waals surface area (Å²) in [5, 5.41) is 5.66. The molecule has 0 radical (unpaired) electrons. The maximum atomic E-state index is 12.7. The summed E-state index contributed by atoms with van der Waals surface area (Å²) in [6.45, 7) is 1.87. The summed E-state index contributed by atoms with van der Waals surface area (Å²) < 4.78 is 12.7. The van der Waals surface area contributed by atoms with E-state index in [0.29, 0.717) is 6.04 Å². The van der Waals surface area contributed by atoms with Crippen molar-refractivity contribution < 1.29 is 9.18 Å². The zero-order valence-electron chi connectivity index (χ0n) is 9.16. The third-order valence-electron chi connectivity index (χ3n) is 2.63. The maximum Gasteiger partial charge on any atom is 0.315 e. The van der Waals surface area contributed by atoms with E-state index in [-0.39, 0.29) is 17.9 Å². The molecule has 4 heteroatoms. The van der Waals surface area contributed by atoms with Gasteiger partial charge in [0.1, 0.15) is 5.82 Å². The molecule has 0 bridgehead atoms. The molecular formula is C12H15FN2O. The lowest BCUT2D eigenvalue weighted by Crippen LogP contribution is -2.38. The van der Waals surface area contributed by atoms with Gasteiger partial charge in [0.25, 0.3) is 0 Å². The van der Waals surface area contributed by atoms with Gasteiger partial charge in [0, 0.05) is 6.04 Å². The second kappa shape index (κ2) is 4.51. The molecule has 1 unspecified atom stereocenters. The Morgan fingerprint density at radius 2 is 2.00 bits per heavy atom. The van der Waals surface area contributed by atoms with E-state index >= 15 is 0 Å². The first-order valence-electron chi connectivity index (χ1n) is 5.47. The fraction of sp³-hybridized carbons (Fsp3) is 0.417. The molecule has 1 atom stereocenters. The van der Waals surface area contributed by atoms with Gasteiger partial charge in [-0.2, -0.15) is 0 Å². The van der Waals surface area contributed by atoms with Crippen molar-refractivity contribution in [1.82, 2.24) is 10.6 Å². The molecule has 2 rings (SSSR count). The van der Waals surface area contributed by atoms with Crippen molar-refractivity contribution >= 4 is 6.03 Å². The molecule has 1 fully saturated rings. The van der Waals surface area contributed by atoms with E-state index in [1.165, 1.54) is 12.1 Å². The van der Waals surface area contributed by atoms with Crippen LogP contribution in [0.25, 0.3) is 0 Å². The van der Waals surface area contributed by atoms with Crippen LogP contribution in [0.1, 0.15) is 31.4 Å². The normalized spacial score (nSPS) is 16.6. The Morgan fingerprint density at radius 1 is 1.38 bits per heavy atom. The van der Waals surface area contributed by atoms with Crippen LogP contribution in [0.15, 0.2) is 24.3 Å².